The molecule has 0 aliphatic carbocycles. The molecule has 0 spiro atoms. The Morgan fingerprint density at radius 3 is 1.78 bits per heavy atom. The average molecular weight is 439 g/mol. The average Bonchev–Trinajstić information content (AvgIpc) is 2.82. The van der Waals surface area contributed by atoms with Gasteiger partial charge in [0.1, 0.15) is 11.6 Å². The van der Waals surface area contributed by atoms with Crippen LogP contribution < -0.4 is 4.74 Å². The first-order valence-corrected chi connectivity index (χ1v) is 13.2. The molecule has 0 unspecified atom stereocenters. The van der Waals surface area contributed by atoms with Crippen LogP contribution in [-0.4, -0.2) is 30.4 Å². The highest BCUT2D eigenvalue weighted by atomic mass is 16.5. The van der Waals surface area contributed by atoms with Crippen LogP contribution >= 0.6 is 0 Å². The summed E-state index contributed by atoms with van der Waals surface area (Å²) in [6.07, 6.45) is 15.5. The molecule has 0 amide bonds. The molecule has 0 heterocycles. The molecule has 32 heavy (non-hydrogen) atoms. The van der Waals surface area contributed by atoms with E-state index in [-0.39, 0.29) is 0 Å². The van der Waals surface area contributed by atoms with Crippen molar-refractivity contribution in [1.29, 1.82) is 5.41 Å². The van der Waals surface area contributed by atoms with Crippen LogP contribution in [0.5, 0.6) is 5.75 Å². The van der Waals surface area contributed by atoms with Crippen LogP contribution in [-0.2, 0) is 0 Å². The second-order valence-electron chi connectivity index (χ2n) is 8.96. The number of rotatable bonds is 17. The summed E-state index contributed by atoms with van der Waals surface area (Å²) >= 11 is 0. The molecule has 0 fully saturated rings. The molecule has 3 nitrogen and oxygen atoms in total. The zero-order chi connectivity index (χ0) is 23.0. The maximum atomic E-state index is 9.12. The zero-order valence-corrected chi connectivity index (χ0v) is 20.9. The van der Waals surface area contributed by atoms with Crippen LogP contribution in [0.4, 0.5) is 0 Å². The van der Waals surface area contributed by atoms with Crippen LogP contribution in [0, 0.1) is 5.41 Å². The van der Waals surface area contributed by atoms with Crippen molar-refractivity contribution in [3.8, 4) is 5.75 Å². The first kappa shape index (κ1) is 26.2. The maximum Gasteiger partial charge on any atom is 0.128 e. The van der Waals surface area contributed by atoms with Crippen molar-refractivity contribution >= 4 is 16.6 Å². The molecule has 178 valence electrons. The Morgan fingerprint density at radius 1 is 0.688 bits per heavy atom. The Labute approximate surface area is 197 Å². The van der Waals surface area contributed by atoms with Crippen molar-refractivity contribution in [1.82, 2.24) is 4.90 Å². The third-order valence-corrected chi connectivity index (χ3v) is 6.32. The molecule has 0 saturated heterocycles. The minimum atomic E-state index is 0.656. The quantitative estimate of drug-likeness (QED) is 0.152. The minimum absolute atomic E-state index is 0.656. The van der Waals surface area contributed by atoms with Gasteiger partial charge >= 0.3 is 0 Å². The number of hydrogen-bond donors (Lipinski definition) is 1. The molecule has 0 aromatic heterocycles. The van der Waals surface area contributed by atoms with Gasteiger partial charge in [-0.15, -0.1) is 0 Å². The van der Waals surface area contributed by atoms with E-state index in [4.69, 9.17) is 10.1 Å². The van der Waals surface area contributed by atoms with E-state index >= 15 is 0 Å². The Bertz CT molecular complexity index is 770. The second kappa shape index (κ2) is 15.7. The predicted octanol–water partition coefficient (Wildman–Crippen LogP) is 8.59. The van der Waals surface area contributed by atoms with Crippen molar-refractivity contribution in [2.24, 2.45) is 0 Å². The van der Waals surface area contributed by atoms with Crippen molar-refractivity contribution < 1.29 is 4.74 Å². The van der Waals surface area contributed by atoms with Crippen molar-refractivity contribution in [2.75, 3.05) is 19.7 Å². The van der Waals surface area contributed by atoms with Crippen LogP contribution in [0.3, 0.4) is 0 Å². The highest BCUT2D eigenvalue weighted by molar-refractivity contribution is 6.09. The Morgan fingerprint density at radius 2 is 1.22 bits per heavy atom. The molecule has 3 heteroatoms. The fourth-order valence-corrected chi connectivity index (χ4v) is 4.43. The second-order valence-corrected chi connectivity index (χ2v) is 8.96. The SMILES string of the molecule is CCCCCCCCN(CCCCCCCC)C(=N)c1ccc(OCC)c2ccccc12. The summed E-state index contributed by atoms with van der Waals surface area (Å²) in [5.74, 6) is 1.59. The van der Waals surface area contributed by atoms with Gasteiger partial charge in [0.25, 0.3) is 0 Å². The number of nitrogens with zero attached hydrogens (tertiary/aromatic N) is 1. The van der Waals surface area contributed by atoms with Crippen LogP contribution in [0.25, 0.3) is 10.8 Å². The lowest BCUT2D eigenvalue weighted by Crippen LogP contribution is -2.33. The van der Waals surface area contributed by atoms with Gasteiger partial charge in [0.2, 0.25) is 0 Å². The lowest BCUT2D eigenvalue weighted by atomic mass is 10.0. The van der Waals surface area contributed by atoms with Gasteiger partial charge in [-0.25, -0.2) is 0 Å². The predicted molar refractivity (Wildman–Crippen MR) is 140 cm³/mol. The molecule has 2 aromatic rings. The van der Waals surface area contributed by atoms with E-state index in [1.165, 1.54) is 77.0 Å². The van der Waals surface area contributed by atoms with Crippen molar-refractivity contribution in [3.05, 3.63) is 42.0 Å². The lowest BCUT2D eigenvalue weighted by Gasteiger charge is -2.26. The number of ether oxygens (including phenoxy) is 1. The van der Waals surface area contributed by atoms with Gasteiger partial charge in [0.05, 0.1) is 6.61 Å². The van der Waals surface area contributed by atoms with Gasteiger partial charge in [-0.2, -0.15) is 0 Å². The van der Waals surface area contributed by atoms with E-state index < -0.39 is 0 Å². The first-order chi connectivity index (χ1) is 15.7. The molecule has 0 radical (unpaired) electrons. The molecule has 0 aliphatic rings. The molecule has 0 saturated carbocycles. The molecular weight excluding hydrogens is 392 g/mol. The smallest absolute Gasteiger partial charge is 0.128 e. The first-order valence-electron chi connectivity index (χ1n) is 13.2. The Kier molecular flexibility index (Phi) is 12.9. The van der Waals surface area contributed by atoms with E-state index in [1.807, 2.05) is 13.0 Å². The zero-order valence-electron chi connectivity index (χ0n) is 20.9. The maximum absolute atomic E-state index is 9.12. The summed E-state index contributed by atoms with van der Waals surface area (Å²) in [6.45, 7) is 9.19. The van der Waals surface area contributed by atoms with Gasteiger partial charge < -0.3 is 9.64 Å². The van der Waals surface area contributed by atoms with E-state index in [1.54, 1.807) is 0 Å². The Hall–Kier alpha value is -2.03. The fourth-order valence-electron chi connectivity index (χ4n) is 4.43. The fraction of sp³-hybridized carbons (Fsp3) is 0.621. The molecule has 2 aromatic carbocycles. The Balaban J connectivity index is 2.09. The molecular formula is C29H46N2O. The number of hydrogen-bond acceptors (Lipinski definition) is 2. The number of nitrogens with one attached hydrogen (secondary N) is 1. The largest absolute Gasteiger partial charge is 0.493 e. The monoisotopic (exact) mass is 438 g/mol. The van der Waals surface area contributed by atoms with E-state index in [0.29, 0.717) is 12.4 Å². The summed E-state index contributed by atoms with van der Waals surface area (Å²) in [5.41, 5.74) is 1.03. The summed E-state index contributed by atoms with van der Waals surface area (Å²) in [5, 5.41) is 11.4. The van der Waals surface area contributed by atoms with E-state index in [2.05, 4.69) is 49.1 Å². The summed E-state index contributed by atoms with van der Waals surface area (Å²) in [4.78, 5) is 2.34. The van der Waals surface area contributed by atoms with Gasteiger partial charge in [0.15, 0.2) is 0 Å². The third kappa shape index (κ3) is 8.48. The number of unbranched alkanes of at least 4 members (excludes halogenated alkanes) is 10. The normalized spacial score (nSPS) is 11.1. The summed E-state index contributed by atoms with van der Waals surface area (Å²) in [7, 11) is 0. The summed E-state index contributed by atoms with van der Waals surface area (Å²) < 4.78 is 5.85. The van der Waals surface area contributed by atoms with E-state index in [0.717, 1.165) is 35.2 Å². The molecule has 1 N–H and O–H groups in total. The standard InChI is InChI=1S/C29H46N2O/c1-4-7-9-11-13-17-23-31(24-18-14-12-10-8-5-2)29(30)27-21-22-28(32-6-3)26-20-16-15-19-25(26)27/h15-16,19-22,30H,4-14,17-18,23-24H2,1-3H3. The minimum Gasteiger partial charge on any atom is -0.493 e. The highest BCUT2D eigenvalue weighted by Gasteiger charge is 2.16. The van der Waals surface area contributed by atoms with E-state index in [9.17, 15) is 0 Å². The van der Waals surface area contributed by atoms with Crippen LogP contribution in [0.1, 0.15) is 103 Å². The van der Waals surface area contributed by atoms with Crippen LogP contribution in [0.2, 0.25) is 0 Å². The number of amidine groups is 1. The number of fused-ring (bicyclic) bond motifs is 1. The molecule has 0 bridgehead atoms. The van der Waals surface area contributed by atoms with Gasteiger partial charge in [-0.1, -0.05) is 102 Å². The van der Waals surface area contributed by atoms with Crippen molar-refractivity contribution in [2.45, 2.75) is 97.8 Å². The highest BCUT2D eigenvalue weighted by Crippen LogP contribution is 2.29. The number of benzene rings is 2. The third-order valence-electron chi connectivity index (χ3n) is 6.32. The van der Waals surface area contributed by atoms with Gasteiger partial charge in [-0.3, -0.25) is 5.41 Å². The molecule has 0 aliphatic heterocycles. The topological polar surface area (TPSA) is 36.3 Å². The molecule has 2 rings (SSSR count). The van der Waals surface area contributed by atoms with Gasteiger partial charge in [0, 0.05) is 24.0 Å². The molecule has 0 atom stereocenters. The van der Waals surface area contributed by atoms with Gasteiger partial charge in [-0.05, 0) is 37.3 Å². The summed E-state index contributed by atoms with van der Waals surface area (Å²) in [6, 6.07) is 12.5. The lowest BCUT2D eigenvalue weighted by molar-refractivity contribution is 0.344. The van der Waals surface area contributed by atoms with Crippen molar-refractivity contribution in [3.63, 3.8) is 0 Å². The van der Waals surface area contributed by atoms with Crippen LogP contribution in [0.15, 0.2) is 36.4 Å².